The lowest BCUT2D eigenvalue weighted by Crippen LogP contribution is -2.59. The van der Waals surface area contributed by atoms with Gasteiger partial charge in [-0.25, -0.2) is 0 Å². The van der Waals surface area contributed by atoms with Crippen molar-refractivity contribution in [3.8, 4) is 0 Å². The van der Waals surface area contributed by atoms with Crippen molar-refractivity contribution in [2.75, 3.05) is 50.8 Å². The molecule has 0 unspecified atom stereocenters. The molecule has 0 N–H and O–H groups in total. The predicted octanol–water partition coefficient (Wildman–Crippen LogP) is 3.46. The zero-order valence-corrected chi connectivity index (χ0v) is 19.7. The normalized spacial score (nSPS) is 23.0. The fourth-order valence-corrected chi connectivity index (χ4v) is 6.48. The molecule has 0 spiro atoms. The SMILES string of the molecule is CC[C@H](C(=O)N1CCN([C@@H](C(=O)N2CCSCC2)C2CCCC2)CC1)c1ccccc1. The van der Waals surface area contributed by atoms with Crippen LogP contribution in [0.1, 0.15) is 50.5 Å². The van der Waals surface area contributed by atoms with Crippen LogP contribution in [-0.4, -0.2) is 83.3 Å². The van der Waals surface area contributed by atoms with E-state index >= 15 is 0 Å². The van der Waals surface area contributed by atoms with Gasteiger partial charge in [0.15, 0.2) is 0 Å². The van der Waals surface area contributed by atoms with Crippen LogP contribution in [0.25, 0.3) is 0 Å². The molecule has 2 saturated heterocycles. The molecule has 2 heterocycles. The minimum absolute atomic E-state index is 0.0129. The van der Waals surface area contributed by atoms with Gasteiger partial charge in [-0.3, -0.25) is 14.5 Å². The van der Waals surface area contributed by atoms with Gasteiger partial charge in [0, 0.05) is 50.8 Å². The zero-order chi connectivity index (χ0) is 21.6. The Bertz CT molecular complexity index is 724. The highest BCUT2D eigenvalue weighted by Crippen LogP contribution is 2.33. The van der Waals surface area contributed by atoms with Gasteiger partial charge in [-0.05, 0) is 30.7 Å². The van der Waals surface area contributed by atoms with Gasteiger partial charge in [0.05, 0.1) is 12.0 Å². The molecule has 0 aromatic heterocycles. The molecule has 2 aliphatic heterocycles. The lowest BCUT2D eigenvalue weighted by atomic mass is 9.93. The minimum Gasteiger partial charge on any atom is -0.340 e. The van der Waals surface area contributed by atoms with E-state index < -0.39 is 0 Å². The number of hydrogen-bond acceptors (Lipinski definition) is 4. The third-order valence-electron chi connectivity index (χ3n) is 7.35. The second-order valence-corrected chi connectivity index (χ2v) is 10.4. The summed E-state index contributed by atoms with van der Waals surface area (Å²) in [6.07, 6.45) is 5.66. The molecule has 1 aliphatic carbocycles. The number of piperazine rings is 1. The van der Waals surface area contributed by atoms with Crippen LogP contribution >= 0.6 is 11.8 Å². The maximum atomic E-state index is 13.5. The number of rotatable bonds is 6. The van der Waals surface area contributed by atoms with Gasteiger partial charge in [0.25, 0.3) is 0 Å². The number of hydrogen-bond donors (Lipinski definition) is 0. The number of benzene rings is 1. The highest BCUT2D eigenvalue weighted by molar-refractivity contribution is 7.99. The van der Waals surface area contributed by atoms with Gasteiger partial charge in [0.2, 0.25) is 11.8 Å². The van der Waals surface area contributed by atoms with E-state index in [2.05, 4.69) is 28.9 Å². The van der Waals surface area contributed by atoms with Crippen molar-refractivity contribution in [3.05, 3.63) is 35.9 Å². The summed E-state index contributed by atoms with van der Waals surface area (Å²) in [5, 5.41) is 0. The standard InChI is InChI=1S/C25H37N3O2S/c1-2-22(20-8-4-3-5-9-20)24(29)27-14-12-26(13-15-27)23(21-10-6-7-11-21)25(30)28-16-18-31-19-17-28/h3-5,8-9,21-23H,2,6-7,10-19H2,1H3/t22-,23+/m0/s1. The maximum absolute atomic E-state index is 13.5. The zero-order valence-electron chi connectivity index (χ0n) is 18.9. The summed E-state index contributed by atoms with van der Waals surface area (Å²) in [4.78, 5) is 33.4. The second-order valence-electron chi connectivity index (χ2n) is 9.16. The first kappa shape index (κ1) is 22.7. The Kier molecular flexibility index (Phi) is 7.94. The van der Waals surface area contributed by atoms with Crippen LogP contribution in [0.15, 0.2) is 30.3 Å². The van der Waals surface area contributed by atoms with E-state index in [1.54, 1.807) is 0 Å². The molecule has 1 saturated carbocycles. The Hall–Kier alpha value is -1.53. The molecule has 3 aliphatic rings. The molecular weight excluding hydrogens is 406 g/mol. The number of carbonyl (C=O) groups is 2. The largest absolute Gasteiger partial charge is 0.340 e. The van der Waals surface area contributed by atoms with E-state index in [0.29, 0.717) is 11.8 Å². The number of amides is 2. The van der Waals surface area contributed by atoms with Gasteiger partial charge >= 0.3 is 0 Å². The van der Waals surface area contributed by atoms with Crippen molar-refractivity contribution in [1.82, 2.24) is 14.7 Å². The molecule has 1 aromatic carbocycles. The average molecular weight is 444 g/mol. The molecule has 1 aromatic rings. The lowest BCUT2D eigenvalue weighted by molar-refractivity contribution is -0.141. The smallest absolute Gasteiger partial charge is 0.240 e. The molecule has 0 bridgehead atoms. The molecule has 5 nitrogen and oxygen atoms in total. The average Bonchev–Trinajstić information content (AvgIpc) is 3.36. The number of carbonyl (C=O) groups excluding carboxylic acids is 2. The number of nitrogens with zero attached hydrogens (tertiary/aromatic N) is 3. The minimum atomic E-state index is -0.0640. The summed E-state index contributed by atoms with van der Waals surface area (Å²) in [6.45, 7) is 6.96. The van der Waals surface area contributed by atoms with Gasteiger partial charge in [-0.2, -0.15) is 11.8 Å². The highest BCUT2D eigenvalue weighted by atomic mass is 32.2. The van der Waals surface area contributed by atoms with Crippen LogP contribution in [0.5, 0.6) is 0 Å². The predicted molar refractivity (Wildman–Crippen MR) is 127 cm³/mol. The van der Waals surface area contributed by atoms with Crippen LogP contribution in [0.3, 0.4) is 0 Å². The third kappa shape index (κ3) is 5.28. The molecule has 3 fully saturated rings. The van der Waals surface area contributed by atoms with E-state index in [9.17, 15) is 9.59 Å². The Morgan fingerprint density at radius 3 is 2.13 bits per heavy atom. The quantitative estimate of drug-likeness (QED) is 0.675. The van der Waals surface area contributed by atoms with Crippen molar-refractivity contribution in [2.45, 2.75) is 51.0 Å². The Labute approximate surface area is 191 Å². The monoisotopic (exact) mass is 443 g/mol. The first-order chi connectivity index (χ1) is 15.2. The van der Waals surface area contributed by atoms with Crippen LogP contribution in [0, 0.1) is 5.92 Å². The maximum Gasteiger partial charge on any atom is 0.240 e. The van der Waals surface area contributed by atoms with Crippen LogP contribution in [0.2, 0.25) is 0 Å². The molecule has 4 rings (SSSR count). The Morgan fingerprint density at radius 2 is 1.52 bits per heavy atom. The van der Waals surface area contributed by atoms with Crippen LogP contribution in [-0.2, 0) is 9.59 Å². The highest BCUT2D eigenvalue weighted by Gasteiger charge is 2.40. The van der Waals surface area contributed by atoms with Crippen molar-refractivity contribution < 1.29 is 9.59 Å². The van der Waals surface area contributed by atoms with E-state index in [4.69, 9.17) is 0 Å². The molecular formula is C25H37N3O2S. The van der Waals surface area contributed by atoms with Crippen molar-refractivity contribution >= 4 is 23.6 Å². The van der Waals surface area contributed by atoms with Gasteiger partial charge < -0.3 is 9.80 Å². The van der Waals surface area contributed by atoms with E-state index in [0.717, 1.165) is 62.8 Å². The van der Waals surface area contributed by atoms with Gasteiger partial charge in [0.1, 0.15) is 0 Å². The molecule has 0 radical (unpaired) electrons. The molecule has 2 amide bonds. The molecule has 170 valence electrons. The first-order valence-electron chi connectivity index (χ1n) is 12.1. The Morgan fingerprint density at radius 1 is 0.903 bits per heavy atom. The summed E-state index contributed by atoms with van der Waals surface area (Å²) in [6, 6.07) is 10.2. The van der Waals surface area contributed by atoms with Crippen molar-refractivity contribution in [2.24, 2.45) is 5.92 Å². The summed E-state index contributed by atoms with van der Waals surface area (Å²) in [5.41, 5.74) is 1.11. The topological polar surface area (TPSA) is 43.9 Å². The summed E-state index contributed by atoms with van der Waals surface area (Å²) in [7, 11) is 0. The van der Waals surface area contributed by atoms with E-state index in [1.807, 2.05) is 34.9 Å². The van der Waals surface area contributed by atoms with Gasteiger partial charge in [-0.15, -0.1) is 0 Å². The van der Waals surface area contributed by atoms with Crippen LogP contribution < -0.4 is 0 Å². The summed E-state index contributed by atoms with van der Waals surface area (Å²) in [5.74, 6) is 3.13. The summed E-state index contributed by atoms with van der Waals surface area (Å²) < 4.78 is 0. The van der Waals surface area contributed by atoms with Crippen molar-refractivity contribution in [3.63, 3.8) is 0 Å². The van der Waals surface area contributed by atoms with E-state index in [1.165, 1.54) is 25.7 Å². The summed E-state index contributed by atoms with van der Waals surface area (Å²) >= 11 is 1.95. The lowest BCUT2D eigenvalue weighted by Gasteiger charge is -2.43. The molecule has 2 atom stereocenters. The van der Waals surface area contributed by atoms with Crippen molar-refractivity contribution in [1.29, 1.82) is 0 Å². The van der Waals surface area contributed by atoms with E-state index in [-0.39, 0.29) is 17.9 Å². The van der Waals surface area contributed by atoms with Crippen LogP contribution in [0.4, 0.5) is 0 Å². The fraction of sp³-hybridized carbons (Fsp3) is 0.680. The second kappa shape index (κ2) is 10.9. The Balaban J connectivity index is 1.41. The fourth-order valence-electron chi connectivity index (χ4n) is 5.58. The van der Waals surface area contributed by atoms with Gasteiger partial charge in [-0.1, -0.05) is 50.1 Å². The molecule has 6 heteroatoms. The first-order valence-corrected chi connectivity index (χ1v) is 13.3. The number of thioether (sulfide) groups is 1. The third-order valence-corrected chi connectivity index (χ3v) is 8.29. The molecule has 31 heavy (non-hydrogen) atoms.